The summed E-state index contributed by atoms with van der Waals surface area (Å²) in [6.07, 6.45) is 7.13. The van der Waals surface area contributed by atoms with Crippen LogP contribution >= 0.6 is 11.9 Å². The molecule has 0 unspecified atom stereocenters. The van der Waals surface area contributed by atoms with Crippen molar-refractivity contribution in [3.05, 3.63) is 22.6 Å². The van der Waals surface area contributed by atoms with Crippen molar-refractivity contribution in [2.24, 2.45) is 0 Å². The van der Waals surface area contributed by atoms with Gasteiger partial charge in [0.05, 0.1) is 0 Å². The van der Waals surface area contributed by atoms with Crippen LogP contribution in [0.2, 0.25) is 0 Å². The predicted octanol–water partition coefficient (Wildman–Crippen LogP) is 2.57. The summed E-state index contributed by atoms with van der Waals surface area (Å²) in [5.41, 5.74) is 1.46. The van der Waals surface area contributed by atoms with E-state index in [9.17, 15) is 0 Å². The Bertz CT molecular complexity index is 214. The number of nitrogens with zero attached hydrogens (tertiary/aromatic N) is 1. The predicted molar refractivity (Wildman–Crippen MR) is 50.2 cm³/mol. The lowest BCUT2D eigenvalue weighted by Crippen LogP contribution is -2.30. The molecule has 0 N–H and O–H groups in total. The Morgan fingerprint density at radius 3 is 2.64 bits per heavy atom. The van der Waals surface area contributed by atoms with Gasteiger partial charge in [-0.2, -0.15) is 0 Å². The van der Waals surface area contributed by atoms with Crippen molar-refractivity contribution in [2.45, 2.75) is 19.8 Å². The molecule has 1 aliphatic carbocycles. The summed E-state index contributed by atoms with van der Waals surface area (Å²) in [6.45, 7) is 4.75. The average Bonchev–Trinajstić information content (AvgIpc) is 2.27. The molecule has 0 atom stereocenters. The van der Waals surface area contributed by atoms with E-state index in [2.05, 4.69) is 23.4 Å². The Morgan fingerprint density at radius 2 is 2.18 bits per heavy atom. The Balaban J connectivity index is 1.90. The average molecular weight is 167 g/mol. The third-order valence-corrected chi connectivity index (χ3v) is 3.47. The van der Waals surface area contributed by atoms with Crippen LogP contribution < -0.4 is 0 Å². The van der Waals surface area contributed by atoms with Crippen LogP contribution in [0.1, 0.15) is 19.8 Å². The summed E-state index contributed by atoms with van der Waals surface area (Å²) < 4.78 is 2.43. The first-order valence-electron chi connectivity index (χ1n) is 4.16. The van der Waals surface area contributed by atoms with E-state index in [0.717, 1.165) is 6.42 Å². The van der Waals surface area contributed by atoms with Crippen LogP contribution in [-0.4, -0.2) is 17.4 Å². The maximum atomic E-state index is 2.43. The summed E-state index contributed by atoms with van der Waals surface area (Å²) >= 11 is 1.93. The van der Waals surface area contributed by atoms with Gasteiger partial charge in [0.15, 0.2) is 0 Å². The number of hydrogen-bond donors (Lipinski definition) is 0. The second-order valence-electron chi connectivity index (χ2n) is 3.07. The van der Waals surface area contributed by atoms with Gasteiger partial charge in [0.2, 0.25) is 0 Å². The van der Waals surface area contributed by atoms with Crippen molar-refractivity contribution >= 4 is 11.9 Å². The molecule has 1 nitrogen and oxygen atoms in total. The molecule has 1 fully saturated rings. The minimum absolute atomic E-state index is 1.14. The zero-order valence-electron chi connectivity index (χ0n) is 6.84. The first kappa shape index (κ1) is 7.44. The van der Waals surface area contributed by atoms with Crippen LogP contribution in [0.5, 0.6) is 0 Å². The van der Waals surface area contributed by atoms with Gasteiger partial charge in [-0.3, -0.25) is 0 Å². The van der Waals surface area contributed by atoms with E-state index in [-0.39, 0.29) is 0 Å². The standard InChI is InChI=1S/C9H13NS/c1-8-4-2-5-9(8)11-10-6-3-7-10/h4-5H,2-3,6-7H2,1H3. The molecule has 0 bridgehead atoms. The summed E-state index contributed by atoms with van der Waals surface area (Å²) in [4.78, 5) is 1.48. The van der Waals surface area contributed by atoms with Crippen LogP contribution in [-0.2, 0) is 0 Å². The first-order valence-corrected chi connectivity index (χ1v) is 4.94. The van der Waals surface area contributed by atoms with Crippen LogP contribution in [0.4, 0.5) is 0 Å². The van der Waals surface area contributed by atoms with E-state index < -0.39 is 0 Å². The van der Waals surface area contributed by atoms with Crippen LogP contribution in [0.15, 0.2) is 22.6 Å². The van der Waals surface area contributed by atoms with Crippen molar-refractivity contribution in [1.82, 2.24) is 4.31 Å². The molecular weight excluding hydrogens is 154 g/mol. The van der Waals surface area contributed by atoms with Gasteiger partial charge < -0.3 is 0 Å². The van der Waals surface area contributed by atoms with Crippen LogP contribution in [0.25, 0.3) is 0 Å². The third-order valence-electron chi connectivity index (χ3n) is 2.16. The Labute approximate surface area is 72.3 Å². The number of allylic oxidation sites excluding steroid dienone is 3. The Hall–Kier alpha value is -0.210. The summed E-state index contributed by atoms with van der Waals surface area (Å²) in [5, 5.41) is 0. The Morgan fingerprint density at radius 1 is 1.36 bits per heavy atom. The second kappa shape index (κ2) is 3.03. The first-order chi connectivity index (χ1) is 5.36. The quantitative estimate of drug-likeness (QED) is 0.581. The molecule has 60 valence electrons. The maximum absolute atomic E-state index is 2.43. The minimum atomic E-state index is 1.14. The van der Waals surface area contributed by atoms with Gasteiger partial charge in [-0.1, -0.05) is 12.2 Å². The molecular formula is C9H13NS. The topological polar surface area (TPSA) is 3.24 Å². The molecule has 11 heavy (non-hydrogen) atoms. The fraction of sp³-hybridized carbons (Fsp3) is 0.556. The largest absolute Gasteiger partial charge is 0.246 e. The molecule has 0 amide bonds. The molecule has 0 saturated carbocycles. The van der Waals surface area contributed by atoms with Crippen LogP contribution in [0.3, 0.4) is 0 Å². The van der Waals surface area contributed by atoms with Crippen LogP contribution in [0, 0.1) is 0 Å². The highest BCUT2D eigenvalue weighted by Crippen LogP contribution is 2.34. The van der Waals surface area contributed by atoms with Gasteiger partial charge in [0.1, 0.15) is 0 Å². The monoisotopic (exact) mass is 167 g/mol. The van der Waals surface area contributed by atoms with Crippen molar-refractivity contribution in [3.63, 3.8) is 0 Å². The van der Waals surface area contributed by atoms with E-state index >= 15 is 0 Å². The van der Waals surface area contributed by atoms with E-state index in [1.807, 2.05) is 11.9 Å². The van der Waals surface area contributed by atoms with Crippen molar-refractivity contribution < 1.29 is 0 Å². The normalized spacial score (nSPS) is 24.5. The molecule has 2 rings (SSSR count). The summed E-state index contributed by atoms with van der Waals surface area (Å²) in [6, 6.07) is 0. The number of hydrogen-bond acceptors (Lipinski definition) is 2. The van der Waals surface area contributed by atoms with Gasteiger partial charge in [0.25, 0.3) is 0 Å². The molecule has 2 heteroatoms. The molecule has 1 saturated heterocycles. The van der Waals surface area contributed by atoms with Crippen molar-refractivity contribution in [1.29, 1.82) is 0 Å². The van der Waals surface area contributed by atoms with Crippen molar-refractivity contribution in [2.75, 3.05) is 13.1 Å². The highest BCUT2D eigenvalue weighted by Gasteiger charge is 2.17. The third kappa shape index (κ3) is 1.52. The van der Waals surface area contributed by atoms with E-state index in [1.54, 1.807) is 0 Å². The van der Waals surface area contributed by atoms with Crippen molar-refractivity contribution in [3.8, 4) is 0 Å². The smallest absolute Gasteiger partial charge is 0.0219 e. The lowest BCUT2D eigenvalue weighted by atomic mass is 10.3. The SMILES string of the molecule is CC1=CCC=C1SN1CCC1. The molecule has 0 radical (unpaired) electrons. The lowest BCUT2D eigenvalue weighted by Gasteiger charge is -2.29. The van der Waals surface area contributed by atoms with Gasteiger partial charge >= 0.3 is 0 Å². The zero-order chi connectivity index (χ0) is 7.68. The second-order valence-corrected chi connectivity index (χ2v) is 4.20. The van der Waals surface area contributed by atoms with Gasteiger partial charge in [0, 0.05) is 18.0 Å². The molecule has 1 heterocycles. The minimum Gasteiger partial charge on any atom is -0.246 e. The highest BCUT2D eigenvalue weighted by molar-refractivity contribution is 8.01. The Kier molecular flexibility index (Phi) is 2.05. The number of rotatable bonds is 2. The summed E-state index contributed by atoms with van der Waals surface area (Å²) in [5.74, 6) is 0. The lowest BCUT2D eigenvalue weighted by molar-refractivity contribution is 0.345. The fourth-order valence-corrected chi connectivity index (χ4v) is 2.35. The maximum Gasteiger partial charge on any atom is 0.0219 e. The van der Waals surface area contributed by atoms with Gasteiger partial charge in [-0.05, 0) is 37.3 Å². The molecule has 0 aromatic heterocycles. The van der Waals surface area contributed by atoms with E-state index in [1.165, 1.54) is 30.0 Å². The van der Waals surface area contributed by atoms with Gasteiger partial charge in [-0.25, -0.2) is 4.31 Å². The highest BCUT2D eigenvalue weighted by atomic mass is 32.2. The van der Waals surface area contributed by atoms with E-state index in [4.69, 9.17) is 0 Å². The van der Waals surface area contributed by atoms with E-state index in [0.29, 0.717) is 0 Å². The molecule has 2 aliphatic rings. The summed E-state index contributed by atoms with van der Waals surface area (Å²) in [7, 11) is 0. The fourth-order valence-electron chi connectivity index (χ4n) is 1.23. The zero-order valence-corrected chi connectivity index (χ0v) is 7.66. The molecule has 0 aromatic rings. The van der Waals surface area contributed by atoms with Gasteiger partial charge in [-0.15, -0.1) is 0 Å². The molecule has 0 spiro atoms. The molecule has 0 aromatic carbocycles. The molecule has 1 aliphatic heterocycles.